The zero-order chi connectivity index (χ0) is 19.7. The minimum atomic E-state index is -0.332. The minimum Gasteiger partial charge on any atom is -0.493 e. The second-order valence-electron chi connectivity index (χ2n) is 6.35. The molecule has 0 fully saturated rings. The number of hydrogen-bond donors (Lipinski definition) is 1. The first-order valence-corrected chi connectivity index (χ1v) is 9.12. The summed E-state index contributed by atoms with van der Waals surface area (Å²) >= 11 is 6.02. The average Bonchev–Trinajstić information content (AvgIpc) is 3.35. The van der Waals surface area contributed by atoms with Crippen molar-refractivity contribution in [1.29, 1.82) is 0 Å². The molecule has 0 bridgehead atoms. The van der Waals surface area contributed by atoms with Gasteiger partial charge in [0.05, 0.1) is 18.8 Å². The van der Waals surface area contributed by atoms with Crippen LogP contribution in [-0.2, 0) is 0 Å². The predicted molar refractivity (Wildman–Crippen MR) is 107 cm³/mol. The van der Waals surface area contributed by atoms with Crippen LogP contribution >= 0.6 is 11.6 Å². The molecule has 2 aromatic heterocycles. The number of nitrogens with zero attached hydrogens (tertiary/aromatic N) is 2. The number of amides is 1. The highest BCUT2D eigenvalue weighted by Crippen LogP contribution is 2.30. The first-order valence-electron chi connectivity index (χ1n) is 8.74. The van der Waals surface area contributed by atoms with Gasteiger partial charge in [0.2, 0.25) is 0 Å². The van der Waals surface area contributed by atoms with Crippen molar-refractivity contribution in [3.63, 3.8) is 0 Å². The Bertz CT molecular complexity index is 1150. The summed E-state index contributed by atoms with van der Waals surface area (Å²) in [6.07, 6.45) is 1.72. The van der Waals surface area contributed by atoms with Crippen molar-refractivity contribution >= 4 is 28.5 Å². The number of methoxy groups -OCH3 is 1. The maximum atomic E-state index is 12.6. The lowest BCUT2D eigenvalue weighted by Gasteiger charge is -2.10. The summed E-state index contributed by atoms with van der Waals surface area (Å²) in [6.45, 7) is 1.86. The number of rotatable bonds is 5. The van der Waals surface area contributed by atoms with Crippen LogP contribution in [0.5, 0.6) is 5.75 Å². The van der Waals surface area contributed by atoms with Crippen LogP contribution in [0.15, 0.2) is 65.2 Å². The van der Waals surface area contributed by atoms with E-state index in [4.69, 9.17) is 20.8 Å². The monoisotopic (exact) mass is 395 g/mol. The Balaban J connectivity index is 1.52. The van der Waals surface area contributed by atoms with Gasteiger partial charge in [-0.05, 0) is 43.3 Å². The van der Waals surface area contributed by atoms with Gasteiger partial charge in [-0.2, -0.15) is 5.10 Å². The molecule has 2 heterocycles. The quantitative estimate of drug-likeness (QED) is 0.528. The van der Waals surface area contributed by atoms with E-state index in [-0.39, 0.29) is 11.9 Å². The van der Waals surface area contributed by atoms with E-state index in [1.54, 1.807) is 36.2 Å². The number of para-hydroxylation sites is 1. The van der Waals surface area contributed by atoms with Crippen molar-refractivity contribution in [2.75, 3.05) is 7.11 Å². The fourth-order valence-electron chi connectivity index (χ4n) is 2.98. The van der Waals surface area contributed by atoms with Crippen LogP contribution in [0.1, 0.15) is 29.2 Å². The van der Waals surface area contributed by atoms with Gasteiger partial charge in [0.1, 0.15) is 5.76 Å². The van der Waals surface area contributed by atoms with E-state index in [9.17, 15) is 4.79 Å². The first-order chi connectivity index (χ1) is 13.5. The van der Waals surface area contributed by atoms with Crippen LogP contribution in [0.25, 0.3) is 16.7 Å². The molecule has 0 spiro atoms. The van der Waals surface area contributed by atoms with Gasteiger partial charge in [-0.1, -0.05) is 29.8 Å². The Morgan fingerprint density at radius 3 is 2.82 bits per heavy atom. The summed E-state index contributed by atoms with van der Waals surface area (Å²) in [5.74, 6) is 1.00. The lowest BCUT2D eigenvalue weighted by atomic mass is 10.2. The standard InChI is InChI=1S/C21H18ClN3O3/c1-13(19-11-14-5-3-8-18(27-2)20(14)28-19)23-21(26)17-9-10-25(24-17)16-7-4-6-15(22)12-16/h3-13H,1-2H3,(H,23,26)/t13-/m1/s1. The number of carbonyl (C=O) groups is 1. The number of furan rings is 1. The van der Waals surface area contributed by atoms with E-state index in [1.165, 1.54) is 0 Å². The Morgan fingerprint density at radius 1 is 1.21 bits per heavy atom. The van der Waals surface area contributed by atoms with Gasteiger partial charge < -0.3 is 14.5 Å². The van der Waals surface area contributed by atoms with Crippen molar-refractivity contribution in [2.45, 2.75) is 13.0 Å². The SMILES string of the molecule is COc1cccc2cc([C@@H](C)NC(=O)c3ccn(-c4cccc(Cl)c4)n3)oc12. The Labute approximate surface area is 166 Å². The normalized spacial score (nSPS) is 12.1. The third kappa shape index (κ3) is 3.46. The van der Waals surface area contributed by atoms with Crippen LogP contribution in [-0.4, -0.2) is 22.8 Å². The molecule has 28 heavy (non-hydrogen) atoms. The van der Waals surface area contributed by atoms with Gasteiger partial charge in [0.15, 0.2) is 17.0 Å². The highest BCUT2D eigenvalue weighted by molar-refractivity contribution is 6.30. The topological polar surface area (TPSA) is 69.3 Å². The molecule has 7 heteroatoms. The maximum Gasteiger partial charge on any atom is 0.272 e. The molecule has 4 aromatic rings. The molecule has 0 aliphatic heterocycles. The fourth-order valence-corrected chi connectivity index (χ4v) is 3.16. The van der Waals surface area contributed by atoms with E-state index in [0.29, 0.717) is 27.8 Å². The van der Waals surface area contributed by atoms with Gasteiger partial charge in [0, 0.05) is 16.6 Å². The summed E-state index contributed by atoms with van der Waals surface area (Å²) < 4.78 is 12.8. The molecule has 2 aromatic carbocycles. The van der Waals surface area contributed by atoms with Gasteiger partial charge >= 0.3 is 0 Å². The van der Waals surface area contributed by atoms with Crippen molar-refractivity contribution in [3.05, 3.63) is 77.3 Å². The van der Waals surface area contributed by atoms with Crippen LogP contribution < -0.4 is 10.1 Å². The Kier molecular flexibility index (Phi) is 4.79. The van der Waals surface area contributed by atoms with E-state index in [1.807, 2.05) is 43.3 Å². The maximum absolute atomic E-state index is 12.6. The van der Waals surface area contributed by atoms with Crippen LogP contribution in [0, 0.1) is 0 Å². The van der Waals surface area contributed by atoms with Crippen LogP contribution in [0.3, 0.4) is 0 Å². The van der Waals surface area contributed by atoms with Crippen molar-refractivity contribution < 1.29 is 13.9 Å². The number of ether oxygens (including phenoxy) is 1. The fraction of sp³-hybridized carbons (Fsp3) is 0.143. The molecule has 0 saturated carbocycles. The number of aromatic nitrogens is 2. The van der Waals surface area contributed by atoms with E-state index < -0.39 is 0 Å². The second kappa shape index (κ2) is 7.40. The van der Waals surface area contributed by atoms with Crippen LogP contribution in [0.4, 0.5) is 0 Å². The molecule has 0 aliphatic rings. The van der Waals surface area contributed by atoms with Gasteiger partial charge in [-0.3, -0.25) is 4.79 Å². The van der Waals surface area contributed by atoms with E-state index in [0.717, 1.165) is 11.1 Å². The largest absolute Gasteiger partial charge is 0.493 e. The zero-order valence-corrected chi connectivity index (χ0v) is 16.1. The van der Waals surface area contributed by atoms with Crippen LogP contribution in [0.2, 0.25) is 5.02 Å². The summed E-state index contributed by atoms with van der Waals surface area (Å²) in [5.41, 5.74) is 1.75. The smallest absolute Gasteiger partial charge is 0.272 e. The molecule has 6 nitrogen and oxygen atoms in total. The number of benzene rings is 2. The van der Waals surface area contributed by atoms with Gasteiger partial charge in [-0.15, -0.1) is 0 Å². The summed E-state index contributed by atoms with van der Waals surface area (Å²) in [6, 6.07) is 16.1. The lowest BCUT2D eigenvalue weighted by Crippen LogP contribution is -2.26. The number of hydrogen-bond acceptors (Lipinski definition) is 4. The molecular formula is C21H18ClN3O3. The molecule has 1 N–H and O–H groups in total. The average molecular weight is 396 g/mol. The third-order valence-corrected chi connectivity index (χ3v) is 4.65. The Hall–Kier alpha value is -3.25. The summed E-state index contributed by atoms with van der Waals surface area (Å²) in [5, 5.41) is 8.77. The molecule has 0 unspecified atom stereocenters. The van der Waals surface area contributed by atoms with Gasteiger partial charge in [0.25, 0.3) is 5.91 Å². The van der Waals surface area contributed by atoms with Gasteiger partial charge in [-0.25, -0.2) is 4.68 Å². The lowest BCUT2D eigenvalue weighted by molar-refractivity contribution is 0.0930. The zero-order valence-electron chi connectivity index (χ0n) is 15.3. The first kappa shape index (κ1) is 18.1. The highest BCUT2D eigenvalue weighted by Gasteiger charge is 2.18. The molecular weight excluding hydrogens is 378 g/mol. The molecule has 0 saturated heterocycles. The highest BCUT2D eigenvalue weighted by atomic mass is 35.5. The number of fused-ring (bicyclic) bond motifs is 1. The van der Waals surface area contributed by atoms with Crippen molar-refractivity contribution in [2.24, 2.45) is 0 Å². The summed E-state index contributed by atoms with van der Waals surface area (Å²) in [4.78, 5) is 12.6. The minimum absolute atomic E-state index is 0.291. The van der Waals surface area contributed by atoms with E-state index >= 15 is 0 Å². The predicted octanol–water partition coefficient (Wildman–Crippen LogP) is 4.77. The molecule has 0 aliphatic carbocycles. The third-order valence-electron chi connectivity index (χ3n) is 4.42. The van der Waals surface area contributed by atoms with Crippen molar-refractivity contribution in [1.82, 2.24) is 15.1 Å². The molecule has 0 radical (unpaired) electrons. The number of carbonyl (C=O) groups excluding carboxylic acids is 1. The molecule has 4 rings (SSSR count). The number of nitrogens with one attached hydrogen (secondary N) is 1. The number of halogens is 1. The molecule has 1 amide bonds. The summed E-state index contributed by atoms with van der Waals surface area (Å²) in [7, 11) is 1.60. The van der Waals surface area contributed by atoms with Crippen molar-refractivity contribution in [3.8, 4) is 11.4 Å². The molecule has 1 atom stereocenters. The second-order valence-corrected chi connectivity index (χ2v) is 6.78. The molecule has 142 valence electrons. The van der Waals surface area contributed by atoms with E-state index in [2.05, 4.69) is 10.4 Å². The Morgan fingerprint density at radius 2 is 2.04 bits per heavy atom.